The summed E-state index contributed by atoms with van der Waals surface area (Å²) in [5.74, 6) is 1.78. The summed E-state index contributed by atoms with van der Waals surface area (Å²) < 4.78 is 6.16. The molecule has 0 unspecified atom stereocenters. The van der Waals surface area contributed by atoms with Crippen molar-refractivity contribution in [1.82, 2.24) is 9.80 Å². The van der Waals surface area contributed by atoms with Gasteiger partial charge in [0.05, 0.1) is 6.61 Å². The van der Waals surface area contributed by atoms with Crippen LogP contribution in [0, 0.1) is 6.92 Å². The van der Waals surface area contributed by atoms with E-state index in [4.69, 9.17) is 4.74 Å². The third-order valence-electron chi connectivity index (χ3n) is 7.20. The number of ether oxygens (including phenoxy) is 1. The average molecular weight is 421 g/mol. The lowest BCUT2D eigenvalue weighted by Gasteiger charge is -2.32. The van der Waals surface area contributed by atoms with Crippen LogP contribution in [0.3, 0.4) is 0 Å². The molecule has 4 rings (SSSR count). The second kappa shape index (κ2) is 10.7. The second-order valence-corrected chi connectivity index (χ2v) is 9.83. The van der Waals surface area contributed by atoms with Crippen molar-refractivity contribution in [1.29, 1.82) is 0 Å². The van der Waals surface area contributed by atoms with Crippen molar-refractivity contribution in [2.24, 2.45) is 0 Å². The second-order valence-electron chi connectivity index (χ2n) is 9.83. The van der Waals surface area contributed by atoms with Gasteiger partial charge in [-0.3, -0.25) is 4.90 Å². The van der Waals surface area contributed by atoms with Crippen molar-refractivity contribution in [3.05, 3.63) is 64.7 Å². The Morgan fingerprint density at radius 3 is 2.48 bits per heavy atom. The first-order valence-corrected chi connectivity index (χ1v) is 12.4. The maximum atomic E-state index is 6.16. The van der Waals surface area contributed by atoms with Gasteiger partial charge in [0.2, 0.25) is 0 Å². The topological polar surface area (TPSA) is 15.7 Å². The summed E-state index contributed by atoms with van der Waals surface area (Å²) >= 11 is 0. The smallest absolute Gasteiger partial charge is 0.119 e. The van der Waals surface area contributed by atoms with Crippen LogP contribution in [-0.4, -0.2) is 48.6 Å². The molecule has 0 spiro atoms. The zero-order chi connectivity index (χ0) is 21.6. The first-order chi connectivity index (χ1) is 15.1. The molecule has 31 heavy (non-hydrogen) atoms. The van der Waals surface area contributed by atoms with Crippen LogP contribution < -0.4 is 4.74 Å². The van der Waals surface area contributed by atoms with E-state index in [-0.39, 0.29) is 0 Å². The quantitative estimate of drug-likeness (QED) is 0.527. The molecule has 3 nitrogen and oxygen atoms in total. The maximum Gasteiger partial charge on any atom is 0.119 e. The number of hydrogen-bond acceptors (Lipinski definition) is 3. The van der Waals surface area contributed by atoms with E-state index in [0.29, 0.717) is 6.04 Å². The molecule has 0 saturated carbocycles. The van der Waals surface area contributed by atoms with Gasteiger partial charge in [-0.05, 0) is 107 Å². The van der Waals surface area contributed by atoms with E-state index in [1.807, 2.05) is 0 Å². The number of aryl methyl sites for hydroxylation is 2. The van der Waals surface area contributed by atoms with Gasteiger partial charge in [-0.1, -0.05) is 35.9 Å². The molecular formula is C28H40N2O. The van der Waals surface area contributed by atoms with E-state index in [1.165, 1.54) is 67.6 Å². The number of piperidine rings is 1. The van der Waals surface area contributed by atoms with Crippen molar-refractivity contribution < 1.29 is 4.74 Å². The summed E-state index contributed by atoms with van der Waals surface area (Å²) in [4.78, 5) is 5.20. The predicted octanol–water partition coefficient (Wildman–Crippen LogP) is 5.80. The molecule has 2 aliphatic rings. The van der Waals surface area contributed by atoms with Gasteiger partial charge >= 0.3 is 0 Å². The van der Waals surface area contributed by atoms with E-state index >= 15 is 0 Å². The SMILES string of the molecule is Cc1ccc(C2CCN(CCCOc3ccc4c(c3)CN(C(C)C)CCC4)CC2)cc1. The summed E-state index contributed by atoms with van der Waals surface area (Å²) in [7, 11) is 0. The normalized spacial score (nSPS) is 18.7. The third kappa shape index (κ3) is 6.11. The number of fused-ring (bicyclic) bond motifs is 1. The van der Waals surface area contributed by atoms with Crippen molar-refractivity contribution in [3.8, 4) is 5.75 Å². The highest BCUT2D eigenvalue weighted by molar-refractivity contribution is 5.36. The molecule has 0 bridgehead atoms. The first-order valence-electron chi connectivity index (χ1n) is 12.4. The Morgan fingerprint density at radius 2 is 1.74 bits per heavy atom. The molecule has 0 aliphatic carbocycles. The van der Waals surface area contributed by atoms with Gasteiger partial charge in [-0.15, -0.1) is 0 Å². The maximum absolute atomic E-state index is 6.16. The van der Waals surface area contributed by atoms with Crippen LogP contribution in [0.4, 0.5) is 0 Å². The highest BCUT2D eigenvalue weighted by Gasteiger charge is 2.20. The van der Waals surface area contributed by atoms with Gasteiger partial charge in [0.1, 0.15) is 5.75 Å². The molecule has 168 valence electrons. The van der Waals surface area contributed by atoms with Crippen molar-refractivity contribution >= 4 is 0 Å². The highest BCUT2D eigenvalue weighted by Crippen LogP contribution is 2.28. The Bertz CT molecular complexity index is 821. The third-order valence-corrected chi connectivity index (χ3v) is 7.20. The van der Waals surface area contributed by atoms with Crippen molar-refractivity contribution in [2.75, 3.05) is 32.8 Å². The number of benzene rings is 2. The lowest BCUT2D eigenvalue weighted by Crippen LogP contribution is -2.34. The zero-order valence-corrected chi connectivity index (χ0v) is 19.8. The van der Waals surface area contributed by atoms with Gasteiger partial charge in [-0.25, -0.2) is 0 Å². The summed E-state index contributed by atoms with van der Waals surface area (Å²) in [6.07, 6.45) is 6.11. The molecule has 0 atom stereocenters. The molecule has 2 heterocycles. The number of rotatable bonds is 7. The van der Waals surface area contributed by atoms with E-state index in [1.54, 1.807) is 0 Å². The molecule has 2 aliphatic heterocycles. The monoisotopic (exact) mass is 420 g/mol. The van der Waals surface area contributed by atoms with Crippen LogP contribution in [0.15, 0.2) is 42.5 Å². The molecule has 1 fully saturated rings. The van der Waals surface area contributed by atoms with Gasteiger partial charge < -0.3 is 9.64 Å². The van der Waals surface area contributed by atoms with Crippen LogP contribution >= 0.6 is 0 Å². The molecule has 2 aromatic rings. The van der Waals surface area contributed by atoms with Crippen LogP contribution in [0.2, 0.25) is 0 Å². The summed E-state index contributed by atoms with van der Waals surface area (Å²) in [5.41, 5.74) is 5.84. The fraction of sp³-hybridized carbons (Fsp3) is 0.571. The van der Waals surface area contributed by atoms with Crippen LogP contribution in [0.1, 0.15) is 67.7 Å². The standard InChI is InChI=1S/C28H40N2O/c1-22(2)30-16-4-6-24-11-12-28(20-27(24)21-30)31-19-5-15-29-17-13-26(14-18-29)25-9-7-23(3)8-10-25/h7-12,20,22,26H,4-6,13-19,21H2,1-3H3. The minimum atomic E-state index is 0.602. The Hall–Kier alpha value is -1.84. The number of nitrogens with zero attached hydrogens (tertiary/aromatic N) is 2. The zero-order valence-electron chi connectivity index (χ0n) is 19.8. The fourth-order valence-corrected chi connectivity index (χ4v) is 5.10. The minimum Gasteiger partial charge on any atom is -0.494 e. The molecular weight excluding hydrogens is 380 g/mol. The highest BCUT2D eigenvalue weighted by atomic mass is 16.5. The number of likely N-dealkylation sites (tertiary alicyclic amines) is 1. The van der Waals surface area contributed by atoms with E-state index in [9.17, 15) is 0 Å². The molecule has 1 saturated heterocycles. The Morgan fingerprint density at radius 1 is 0.968 bits per heavy atom. The van der Waals surface area contributed by atoms with Gasteiger partial charge in [0.25, 0.3) is 0 Å². The number of hydrogen-bond donors (Lipinski definition) is 0. The van der Waals surface area contributed by atoms with Crippen LogP contribution in [0.25, 0.3) is 0 Å². The Labute approximate surface area is 189 Å². The molecule has 0 amide bonds. The first kappa shape index (κ1) is 22.4. The molecule has 0 N–H and O–H groups in total. The van der Waals surface area contributed by atoms with Crippen LogP contribution in [0.5, 0.6) is 5.75 Å². The Kier molecular flexibility index (Phi) is 7.68. The van der Waals surface area contributed by atoms with Gasteiger partial charge in [-0.2, -0.15) is 0 Å². The average Bonchev–Trinajstić information content (AvgIpc) is 3.00. The molecule has 0 radical (unpaired) electrons. The lowest BCUT2D eigenvalue weighted by molar-refractivity contribution is 0.192. The van der Waals surface area contributed by atoms with Crippen molar-refractivity contribution in [2.45, 2.75) is 71.4 Å². The summed E-state index contributed by atoms with van der Waals surface area (Å²) in [6.45, 7) is 13.4. The van der Waals surface area contributed by atoms with Crippen LogP contribution in [-0.2, 0) is 13.0 Å². The van der Waals surface area contributed by atoms with Gasteiger partial charge in [0, 0.05) is 19.1 Å². The molecule has 3 heteroatoms. The molecule has 0 aromatic heterocycles. The van der Waals surface area contributed by atoms with E-state index in [2.05, 4.69) is 73.0 Å². The van der Waals surface area contributed by atoms with Gasteiger partial charge in [0.15, 0.2) is 0 Å². The van der Waals surface area contributed by atoms with E-state index in [0.717, 1.165) is 37.8 Å². The minimum absolute atomic E-state index is 0.602. The Balaban J connectivity index is 1.20. The summed E-state index contributed by atoms with van der Waals surface area (Å²) in [5, 5.41) is 0. The largest absolute Gasteiger partial charge is 0.494 e. The predicted molar refractivity (Wildman–Crippen MR) is 130 cm³/mol. The molecule has 2 aromatic carbocycles. The summed E-state index contributed by atoms with van der Waals surface area (Å²) in [6, 6.07) is 16.5. The van der Waals surface area contributed by atoms with Crippen molar-refractivity contribution in [3.63, 3.8) is 0 Å². The lowest BCUT2D eigenvalue weighted by atomic mass is 9.89. The fourth-order valence-electron chi connectivity index (χ4n) is 5.10. The van der Waals surface area contributed by atoms with E-state index < -0.39 is 0 Å².